The van der Waals surface area contributed by atoms with Crippen molar-refractivity contribution in [3.05, 3.63) is 133 Å². The van der Waals surface area contributed by atoms with Gasteiger partial charge in [-0.3, -0.25) is 10.1 Å². The number of amides is 3. The van der Waals surface area contributed by atoms with Crippen LogP contribution in [0.5, 0.6) is 0 Å². The topological polar surface area (TPSA) is 158 Å². The van der Waals surface area contributed by atoms with E-state index in [0.29, 0.717) is 12.2 Å². The van der Waals surface area contributed by atoms with Gasteiger partial charge in [-0.1, -0.05) is 111 Å². The van der Waals surface area contributed by atoms with Crippen LogP contribution in [0.3, 0.4) is 0 Å². The molecular weight excluding hydrogens is 805 g/mol. The predicted octanol–water partition coefficient (Wildman–Crippen LogP) is 10.3. The number of nitrogens with one attached hydrogen (secondary N) is 4. The highest BCUT2D eigenvalue weighted by molar-refractivity contribution is 6.04. The van der Waals surface area contributed by atoms with Crippen molar-refractivity contribution in [2.24, 2.45) is 5.92 Å². The van der Waals surface area contributed by atoms with E-state index in [4.69, 9.17) is 19.4 Å². The smallest absolute Gasteiger partial charge is 0.411 e. The van der Waals surface area contributed by atoms with Gasteiger partial charge in [0, 0.05) is 13.1 Å². The summed E-state index contributed by atoms with van der Waals surface area (Å²) in [7, 11) is 2.65. The Kier molecular flexibility index (Phi) is 12.7. The van der Waals surface area contributed by atoms with Crippen molar-refractivity contribution in [2.45, 2.75) is 71.5 Å². The highest BCUT2D eigenvalue weighted by atomic mass is 16.5. The van der Waals surface area contributed by atoms with E-state index < -0.39 is 18.2 Å². The predicted molar refractivity (Wildman–Crippen MR) is 250 cm³/mol. The first-order chi connectivity index (χ1) is 30.9. The molecule has 2 aromatic heterocycles. The van der Waals surface area contributed by atoms with Crippen LogP contribution in [0.15, 0.2) is 121 Å². The quantitative estimate of drug-likeness (QED) is 0.0886. The Hall–Kier alpha value is -7.15. The Morgan fingerprint density at radius 3 is 1.62 bits per heavy atom. The minimum absolute atomic E-state index is 0.00297. The molecule has 8 rings (SSSR count). The maximum absolute atomic E-state index is 13.6. The van der Waals surface area contributed by atoms with Crippen molar-refractivity contribution in [3.8, 4) is 44.8 Å². The first kappa shape index (κ1) is 43.5. The van der Waals surface area contributed by atoms with Crippen LogP contribution in [-0.2, 0) is 14.3 Å². The van der Waals surface area contributed by atoms with E-state index in [1.807, 2.05) is 45.0 Å². The minimum Gasteiger partial charge on any atom is -0.453 e. The monoisotopic (exact) mass is 860 g/mol. The zero-order chi connectivity index (χ0) is 45.1. The second-order valence-electron chi connectivity index (χ2n) is 17.1. The lowest BCUT2D eigenvalue weighted by Gasteiger charge is -2.30. The van der Waals surface area contributed by atoms with Gasteiger partial charge >= 0.3 is 12.2 Å². The lowest BCUT2D eigenvalue weighted by atomic mass is 9.92. The van der Waals surface area contributed by atoms with Gasteiger partial charge in [-0.15, -0.1) is 0 Å². The number of imidazole rings is 2. The van der Waals surface area contributed by atoms with E-state index in [9.17, 15) is 14.4 Å². The number of likely N-dealkylation sites (tertiary alicyclic amines) is 2. The lowest BCUT2D eigenvalue weighted by Crippen LogP contribution is -2.51. The highest BCUT2D eigenvalue weighted by Gasteiger charge is 2.37. The molecule has 0 radical (unpaired) electrons. The molecule has 0 saturated carbocycles. The van der Waals surface area contributed by atoms with E-state index >= 15 is 0 Å². The van der Waals surface area contributed by atoms with Crippen LogP contribution in [0.1, 0.15) is 77.1 Å². The fourth-order valence-corrected chi connectivity index (χ4v) is 9.13. The number of H-pyrrole nitrogens is 2. The molecule has 4 heterocycles. The van der Waals surface area contributed by atoms with Gasteiger partial charge in [0.1, 0.15) is 17.7 Å². The molecule has 2 aliphatic heterocycles. The average molecular weight is 861 g/mol. The van der Waals surface area contributed by atoms with Gasteiger partial charge in [0.05, 0.1) is 61.5 Å². The first-order valence-corrected chi connectivity index (χ1v) is 21.9. The van der Waals surface area contributed by atoms with Crippen LogP contribution in [-0.4, -0.2) is 81.2 Å². The number of nitrogens with zero attached hydrogens (tertiary/aromatic N) is 4. The SMILES string of the molecule is C=C(C(NC(=O)OC)=C(C)C)N1CCCC1c1ncc(-c2ccc(-c3cccc4c(-c5ccc(-c6cnc(C7CCCN7C(=O)C(NC(=O)OC)C(C)C)[nH]6)cc5)cccc34)cc2)[nH]1. The molecule has 0 spiro atoms. The molecule has 4 N–H and O–H groups in total. The molecule has 6 aromatic rings. The molecule has 2 fully saturated rings. The van der Waals surface area contributed by atoms with E-state index in [0.717, 1.165) is 111 Å². The molecule has 64 heavy (non-hydrogen) atoms. The summed E-state index contributed by atoms with van der Waals surface area (Å²) in [5, 5.41) is 7.88. The van der Waals surface area contributed by atoms with Crippen molar-refractivity contribution in [2.75, 3.05) is 27.3 Å². The standard InChI is InChI=1S/C51H56N8O5/c1-30(2)45(56-50(61)63-6)32(5)58-26-10-16-43(58)47-52-28-41(54-47)35-22-18-33(19-23-35)37-12-8-15-40-38(13-9-14-39(37)40)34-20-24-36(25-21-34)42-29-53-48(55-42)44-17-11-27-59(44)49(60)46(31(3)4)57-51(62)64-7/h8-9,12-15,18-25,28-29,31,43-44,46H,5,10-11,16-17,26-27H2,1-4,6-7H3,(H,52,54)(H,53,55)(H,56,61)(H,57,62). The summed E-state index contributed by atoms with van der Waals surface area (Å²) >= 11 is 0. The van der Waals surface area contributed by atoms with Gasteiger partial charge in [-0.2, -0.15) is 0 Å². The number of hydrogen-bond donors (Lipinski definition) is 4. The number of allylic oxidation sites excluding steroid dienone is 1. The largest absolute Gasteiger partial charge is 0.453 e. The Morgan fingerprint density at radius 1 is 0.688 bits per heavy atom. The summed E-state index contributed by atoms with van der Waals surface area (Å²) in [6.45, 7) is 13.5. The Morgan fingerprint density at radius 2 is 1.16 bits per heavy atom. The first-order valence-electron chi connectivity index (χ1n) is 21.9. The summed E-state index contributed by atoms with van der Waals surface area (Å²) in [6, 6.07) is 29.1. The number of alkyl carbamates (subject to hydrolysis) is 2. The maximum atomic E-state index is 13.6. The molecule has 330 valence electrons. The Labute approximate surface area is 374 Å². The van der Waals surface area contributed by atoms with Crippen LogP contribution in [0.4, 0.5) is 9.59 Å². The zero-order valence-electron chi connectivity index (χ0n) is 37.3. The number of carbonyl (C=O) groups excluding carboxylic acids is 3. The Bertz CT molecular complexity index is 2710. The van der Waals surface area contributed by atoms with Gasteiger partial charge in [0.25, 0.3) is 0 Å². The molecule has 2 saturated heterocycles. The van der Waals surface area contributed by atoms with Crippen molar-refractivity contribution in [1.82, 2.24) is 40.4 Å². The van der Waals surface area contributed by atoms with Crippen molar-refractivity contribution in [3.63, 3.8) is 0 Å². The number of rotatable bonds is 12. The number of hydrogen-bond acceptors (Lipinski definition) is 8. The third-order valence-corrected chi connectivity index (χ3v) is 12.5. The molecule has 3 amide bonds. The summed E-state index contributed by atoms with van der Waals surface area (Å²) in [5.41, 5.74) is 10.7. The summed E-state index contributed by atoms with van der Waals surface area (Å²) in [6.07, 6.45) is 6.12. The van der Waals surface area contributed by atoms with Gasteiger partial charge in [0.15, 0.2) is 0 Å². The van der Waals surface area contributed by atoms with E-state index in [2.05, 4.69) is 117 Å². The molecule has 0 bridgehead atoms. The third-order valence-electron chi connectivity index (χ3n) is 12.5. The van der Waals surface area contributed by atoms with E-state index in [1.54, 1.807) is 0 Å². The lowest BCUT2D eigenvalue weighted by molar-refractivity contribution is -0.135. The minimum atomic E-state index is -0.687. The molecule has 3 unspecified atom stereocenters. The van der Waals surface area contributed by atoms with Gasteiger partial charge in [-0.25, -0.2) is 19.6 Å². The summed E-state index contributed by atoms with van der Waals surface area (Å²) in [4.78, 5) is 58.4. The molecule has 4 aromatic carbocycles. The van der Waals surface area contributed by atoms with Gasteiger partial charge in [0.2, 0.25) is 5.91 Å². The number of methoxy groups -OCH3 is 2. The highest BCUT2D eigenvalue weighted by Crippen LogP contribution is 2.39. The van der Waals surface area contributed by atoms with Crippen LogP contribution in [0.25, 0.3) is 55.5 Å². The number of aromatic amines is 2. The van der Waals surface area contributed by atoms with E-state index in [-0.39, 0.29) is 23.9 Å². The maximum Gasteiger partial charge on any atom is 0.411 e. The fourth-order valence-electron chi connectivity index (χ4n) is 9.13. The Balaban J connectivity index is 0.975. The van der Waals surface area contributed by atoms with E-state index in [1.165, 1.54) is 14.2 Å². The van der Waals surface area contributed by atoms with Crippen LogP contribution in [0, 0.1) is 5.92 Å². The fraction of sp³-hybridized carbons (Fsp3) is 0.314. The summed E-state index contributed by atoms with van der Waals surface area (Å²) < 4.78 is 9.64. The molecule has 2 aliphatic rings. The normalized spacial score (nSPS) is 16.5. The average Bonchev–Trinajstić information content (AvgIpc) is 4.16. The third kappa shape index (κ3) is 8.75. The molecule has 3 atom stereocenters. The number of benzene rings is 4. The number of aromatic nitrogens is 4. The number of fused-ring (bicyclic) bond motifs is 1. The molecular formula is C51H56N8O5. The van der Waals surface area contributed by atoms with Crippen molar-refractivity contribution >= 4 is 28.9 Å². The van der Waals surface area contributed by atoms with Crippen LogP contribution in [0.2, 0.25) is 0 Å². The second-order valence-corrected chi connectivity index (χ2v) is 17.1. The van der Waals surface area contributed by atoms with Crippen molar-refractivity contribution in [1.29, 1.82) is 0 Å². The molecule has 13 heteroatoms. The van der Waals surface area contributed by atoms with Crippen LogP contribution < -0.4 is 10.6 Å². The molecule has 13 nitrogen and oxygen atoms in total. The van der Waals surface area contributed by atoms with Gasteiger partial charge in [-0.05, 0) is 89.6 Å². The van der Waals surface area contributed by atoms with Gasteiger partial charge < -0.3 is 34.6 Å². The molecule has 0 aliphatic carbocycles. The second kappa shape index (κ2) is 18.7. The summed E-state index contributed by atoms with van der Waals surface area (Å²) in [5.74, 6) is 1.36. The van der Waals surface area contributed by atoms with Crippen molar-refractivity contribution < 1.29 is 23.9 Å². The number of carbonyl (C=O) groups is 3. The number of ether oxygens (including phenoxy) is 2. The zero-order valence-corrected chi connectivity index (χ0v) is 37.3. The van der Waals surface area contributed by atoms with Crippen LogP contribution >= 0.6 is 0 Å².